The van der Waals surface area contributed by atoms with Crippen molar-refractivity contribution in [1.29, 1.82) is 0 Å². The van der Waals surface area contributed by atoms with Crippen LogP contribution in [0.25, 0.3) is 0 Å². The van der Waals surface area contributed by atoms with Gasteiger partial charge < -0.3 is 14.5 Å². The molecule has 0 unspecified atom stereocenters. The molecule has 0 aromatic carbocycles. The van der Waals surface area contributed by atoms with Crippen molar-refractivity contribution < 1.29 is 19.1 Å². The van der Waals surface area contributed by atoms with Crippen LogP contribution in [0.3, 0.4) is 0 Å². The van der Waals surface area contributed by atoms with E-state index in [1.807, 2.05) is 0 Å². The first-order valence-electron chi connectivity index (χ1n) is 4.78. The van der Waals surface area contributed by atoms with Gasteiger partial charge >= 0.3 is 17.6 Å². The molecule has 0 fully saturated rings. The molecule has 92 valence electrons. The van der Waals surface area contributed by atoms with E-state index < -0.39 is 17.6 Å². The van der Waals surface area contributed by atoms with Gasteiger partial charge in [0.15, 0.2) is 0 Å². The lowest BCUT2D eigenvalue weighted by Crippen LogP contribution is -2.19. The lowest BCUT2D eigenvalue weighted by atomic mass is 10.2. The number of nitrogens with one attached hydrogen (secondary N) is 1. The smallest absolute Gasteiger partial charge is 0.345 e. The lowest BCUT2D eigenvalue weighted by Gasteiger charge is -2.02. The van der Waals surface area contributed by atoms with Gasteiger partial charge in [-0.25, -0.2) is 4.79 Å². The minimum Gasteiger partial charge on any atom is -0.469 e. The minimum atomic E-state index is -0.620. The molecule has 0 amide bonds. The molecule has 17 heavy (non-hydrogen) atoms. The summed E-state index contributed by atoms with van der Waals surface area (Å²) in [5.41, 5.74) is -0.0273. The topological polar surface area (TPSA) is 98.4 Å². The minimum absolute atomic E-state index is 0.0809. The van der Waals surface area contributed by atoms with Gasteiger partial charge in [-0.2, -0.15) is 4.98 Å². The lowest BCUT2D eigenvalue weighted by molar-refractivity contribution is -0.140. The second-order valence-corrected chi connectivity index (χ2v) is 3.21. The third kappa shape index (κ3) is 4.06. The molecule has 0 aliphatic rings. The van der Waals surface area contributed by atoms with Crippen molar-refractivity contribution in [3.05, 3.63) is 27.9 Å². The number of aromatic amines is 1. The molecule has 1 N–H and O–H groups in total. The number of rotatable bonds is 4. The summed E-state index contributed by atoms with van der Waals surface area (Å²) < 4.78 is 8.92. The Bertz CT molecular complexity index is 441. The van der Waals surface area contributed by atoms with Crippen molar-refractivity contribution >= 4 is 11.9 Å². The molecule has 0 aliphatic heterocycles. The summed E-state index contributed by atoms with van der Waals surface area (Å²) in [7, 11) is 2.49. The summed E-state index contributed by atoms with van der Waals surface area (Å²) in [6, 6.07) is 1.45. The molecule has 1 rings (SSSR count). The van der Waals surface area contributed by atoms with E-state index in [0.717, 1.165) is 0 Å². The van der Waals surface area contributed by atoms with Gasteiger partial charge in [0.05, 0.1) is 32.8 Å². The summed E-state index contributed by atoms with van der Waals surface area (Å²) in [5, 5.41) is 0. The van der Waals surface area contributed by atoms with Crippen LogP contribution in [0.4, 0.5) is 0 Å². The van der Waals surface area contributed by atoms with E-state index in [4.69, 9.17) is 0 Å². The van der Waals surface area contributed by atoms with E-state index in [-0.39, 0.29) is 18.5 Å². The number of ether oxygens (including phenoxy) is 2. The molecule has 0 atom stereocenters. The fourth-order valence-corrected chi connectivity index (χ4v) is 1.20. The van der Waals surface area contributed by atoms with Gasteiger partial charge in [0.2, 0.25) is 0 Å². The van der Waals surface area contributed by atoms with E-state index in [1.165, 1.54) is 20.3 Å². The van der Waals surface area contributed by atoms with Crippen LogP contribution in [0.2, 0.25) is 0 Å². The summed E-state index contributed by atoms with van der Waals surface area (Å²) in [6.07, 6.45) is -0.197. The molecule has 0 spiro atoms. The highest BCUT2D eigenvalue weighted by Gasteiger charge is 2.09. The maximum absolute atomic E-state index is 11.2. The summed E-state index contributed by atoms with van der Waals surface area (Å²) in [6.45, 7) is 0. The number of hydrogen-bond acceptors (Lipinski definition) is 6. The van der Waals surface area contributed by atoms with Crippen molar-refractivity contribution in [2.75, 3.05) is 14.2 Å². The number of methoxy groups -OCH3 is 2. The van der Waals surface area contributed by atoms with Crippen LogP contribution in [-0.4, -0.2) is 36.1 Å². The fourth-order valence-electron chi connectivity index (χ4n) is 1.20. The molecule has 7 heteroatoms. The Morgan fingerprint density at radius 1 is 1.24 bits per heavy atom. The number of carbonyl (C=O) groups excluding carboxylic acids is 2. The van der Waals surface area contributed by atoms with Gasteiger partial charge in [-0.3, -0.25) is 9.59 Å². The Balaban J connectivity index is 2.90. The molecule has 1 heterocycles. The van der Waals surface area contributed by atoms with E-state index in [2.05, 4.69) is 19.4 Å². The standard InChI is InChI=1S/C10H12N2O5/c1-16-8(13)4-6-3-7(5-9(14)17-2)12-10(15)11-6/h3H,4-5H2,1-2H3,(H,11,12,15). The number of hydrogen-bond donors (Lipinski definition) is 1. The summed E-state index contributed by atoms with van der Waals surface area (Å²) in [4.78, 5) is 39.2. The molecule has 0 aliphatic carbocycles. The van der Waals surface area contributed by atoms with Crippen LogP contribution in [0.1, 0.15) is 11.4 Å². The van der Waals surface area contributed by atoms with Gasteiger partial charge in [-0.1, -0.05) is 0 Å². The molecule has 0 bridgehead atoms. The quantitative estimate of drug-likeness (QED) is 0.692. The zero-order valence-electron chi connectivity index (χ0n) is 9.48. The van der Waals surface area contributed by atoms with E-state index in [0.29, 0.717) is 5.69 Å². The Kier molecular flexibility index (Phi) is 4.38. The van der Waals surface area contributed by atoms with Crippen molar-refractivity contribution in [1.82, 2.24) is 9.97 Å². The normalized spacial score (nSPS) is 9.76. The highest BCUT2D eigenvalue weighted by Crippen LogP contribution is 2.00. The van der Waals surface area contributed by atoms with Gasteiger partial charge in [0, 0.05) is 5.69 Å². The second-order valence-electron chi connectivity index (χ2n) is 3.21. The van der Waals surface area contributed by atoms with E-state index in [9.17, 15) is 14.4 Å². The number of H-pyrrole nitrogens is 1. The number of esters is 2. The van der Waals surface area contributed by atoms with Crippen LogP contribution in [0.15, 0.2) is 10.9 Å². The summed E-state index contributed by atoms with van der Waals surface area (Å²) in [5.74, 6) is -0.997. The highest BCUT2D eigenvalue weighted by atomic mass is 16.5. The van der Waals surface area contributed by atoms with Crippen LogP contribution >= 0.6 is 0 Å². The average molecular weight is 240 g/mol. The van der Waals surface area contributed by atoms with Crippen molar-refractivity contribution in [2.45, 2.75) is 12.8 Å². The number of nitrogens with zero attached hydrogens (tertiary/aromatic N) is 1. The first-order valence-corrected chi connectivity index (χ1v) is 4.78. The van der Waals surface area contributed by atoms with Gasteiger partial charge in [0.25, 0.3) is 0 Å². The zero-order valence-corrected chi connectivity index (χ0v) is 9.48. The molecule has 1 aromatic heterocycles. The van der Waals surface area contributed by atoms with Crippen molar-refractivity contribution in [2.24, 2.45) is 0 Å². The van der Waals surface area contributed by atoms with Crippen LogP contribution < -0.4 is 5.69 Å². The van der Waals surface area contributed by atoms with Gasteiger partial charge in [-0.15, -0.1) is 0 Å². The predicted molar refractivity (Wildman–Crippen MR) is 56.3 cm³/mol. The van der Waals surface area contributed by atoms with Crippen LogP contribution in [0, 0.1) is 0 Å². The molecule has 0 saturated heterocycles. The van der Waals surface area contributed by atoms with Crippen LogP contribution in [-0.2, 0) is 31.9 Å². The molecule has 0 saturated carbocycles. The molecular weight excluding hydrogens is 228 g/mol. The molecule has 0 radical (unpaired) electrons. The molecule has 7 nitrogen and oxygen atoms in total. The highest BCUT2D eigenvalue weighted by molar-refractivity contribution is 5.73. The van der Waals surface area contributed by atoms with Gasteiger partial charge in [0.1, 0.15) is 0 Å². The van der Waals surface area contributed by atoms with E-state index in [1.54, 1.807) is 0 Å². The third-order valence-electron chi connectivity index (χ3n) is 1.97. The summed E-state index contributed by atoms with van der Waals surface area (Å²) >= 11 is 0. The number of aromatic nitrogens is 2. The first-order chi connectivity index (χ1) is 8.05. The van der Waals surface area contributed by atoms with Crippen molar-refractivity contribution in [3.8, 4) is 0 Å². The Morgan fingerprint density at radius 3 is 2.41 bits per heavy atom. The fraction of sp³-hybridized carbons (Fsp3) is 0.400. The second kappa shape index (κ2) is 5.78. The van der Waals surface area contributed by atoms with Gasteiger partial charge in [-0.05, 0) is 6.07 Å². The molecule has 1 aromatic rings. The molecular formula is C10H12N2O5. The first kappa shape index (κ1) is 12.9. The maximum Gasteiger partial charge on any atom is 0.345 e. The van der Waals surface area contributed by atoms with Crippen LogP contribution in [0.5, 0.6) is 0 Å². The Labute approximate surface area is 96.8 Å². The maximum atomic E-state index is 11.2. The number of carbonyl (C=O) groups is 2. The Morgan fingerprint density at radius 2 is 1.82 bits per heavy atom. The Hall–Kier alpha value is -2.18. The monoisotopic (exact) mass is 240 g/mol. The third-order valence-corrected chi connectivity index (χ3v) is 1.97. The largest absolute Gasteiger partial charge is 0.469 e. The average Bonchev–Trinajstić information content (AvgIpc) is 2.27. The predicted octanol–water partition coefficient (Wildman–Crippen LogP) is -0.799. The zero-order chi connectivity index (χ0) is 12.8. The SMILES string of the molecule is COC(=O)Cc1cc(CC(=O)OC)[nH]c(=O)n1. The van der Waals surface area contributed by atoms with E-state index >= 15 is 0 Å². The van der Waals surface area contributed by atoms with Crippen molar-refractivity contribution in [3.63, 3.8) is 0 Å².